The van der Waals surface area contributed by atoms with Gasteiger partial charge in [0.2, 0.25) is 0 Å². The van der Waals surface area contributed by atoms with E-state index in [-0.39, 0.29) is 23.2 Å². The molecule has 2 aromatic rings. The van der Waals surface area contributed by atoms with E-state index in [2.05, 4.69) is 15.5 Å². The van der Waals surface area contributed by atoms with E-state index in [0.29, 0.717) is 18.1 Å². The molecular formula is C15H19N5O3. The van der Waals surface area contributed by atoms with Crippen molar-refractivity contribution in [2.24, 2.45) is 7.05 Å². The Morgan fingerprint density at radius 1 is 1.48 bits per heavy atom. The molecule has 2 aromatic heterocycles. The van der Waals surface area contributed by atoms with Gasteiger partial charge in [-0.1, -0.05) is 5.16 Å². The van der Waals surface area contributed by atoms with Gasteiger partial charge in [0.05, 0.1) is 0 Å². The van der Waals surface area contributed by atoms with Crippen LogP contribution in [-0.4, -0.2) is 39.7 Å². The van der Waals surface area contributed by atoms with Gasteiger partial charge in [-0.25, -0.2) is 4.98 Å². The molecule has 1 N–H and O–H groups in total. The van der Waals surface area contributed by atoms with Gasteiger partial charge in [-0.2, -0.15) is 0 Å². The van der Waals surface area contributed by atoms with Gasteiger partial charge >= 0.3 is 0 Å². The third kappa shape index (κ3) is 3.25. The maximum atomic E-state index is 12.2. The lowest BCUT2D eigenvalue weighted by Crippen LogP contribution is -2.49. The van der Waals surface area contributed by atoms with Gasteiger partial charge < -0.3 is 19.3 Å². The fraction of sp³-hybridized carbons (Fsp3) is 0.467. The summed E-state index contributed by atoms with van der Waals surface area (Å²) < 4.78 is 6.42. The van der Waals surface area contributed by atoms with Gasteiger partial charge in [-0.3, -0.25) is 9.59 Å². The molecule has 0 aromatic carbocycles. The highest BCUT2D eigenvalue weighted by Gasteiger charge is 2.25. The number of rotatable bonds is 3. The van der Waals surface area contributed by atoms with Crippen LogP contribution >= 0.6 is 0 Å². The van der Waals surface area contributed by atoms with Crippen LogP contribution in [0, 0.1) is 6.92 Å². The predicted molar refractivity (Wildman–Crippen MR) is 83.4 cm³/mol. The van der Waals surface area contributed by atoms with Crippen LogP contribution in [0.5, 0.6) is 0 Å². The lowest BCUT2D eigenvalue weighted by atomic mass is 10.1. The Balaban J connectivity index is 1.70. The average molecular weight is 317 g/mol. The molecule has 3 heterocycles. The molecule has 0 unspecified atom stereocenters. The fourth-order valence-corrected chi connectivity index (χ4v) is 2.72. The Labute approximate surface area is 133 Å². The number of aryl methyl sites for hydroxylation is 2. The topological polar surface area (TPSA) is 93.3 Å². The van der Waals surface area contributed by atoms with Crippen LogP contribution in [0.4, 0.5) is 5.82 Å². The highest BCUT2D eigenvalue weighted by atomic mass is 16.5. The lowest BCUT2D eigenvalue weighted by molar-refractivity contribution is 0.0924. The minimum atomic E-state index is -0.261. The zero-order valence-corrected chi connectivity index (χ0v) is 13.2. The Hall–Kier alpha value is -2.64. The van der Waals surface area contributed by atoms with E-state index in [1.54, 1.807) is 32.4 Å². The summed E-state index contributed by atoms with van der Waals surface area (Å²) in [5, 5.41) is 6.66. The predicted octanol–water partition coefficient (Wildman–Crippen LogP) is 0.476. The first kappa shape index (κ1) is 15.3. The van der Waals surface area contributed by atoms with E-state index in [9.17, 15) is 9.59 Å². The molecule has 3 rings (SSSR count). The van der Waals surface area contributed by atoms with E-state index >= 15 is 0 Å². The van der Waals surface area contributed by atoms with Crippen LogP contribution in [0.15, 0.2) is 27.8 Å². The van der Waals surface area contributed by atoms with Crippen LogP contribution in [0.1, 0.15) is 29.1 Å². The van der Waals surface area contributed by atoms with E-state index < -0.39 is 0 Å². The second-order valence-corrected chi connectivity index (χ2v) is 5.75. The van der Waals surface area contributed by atoms with Crippen molar-refractivity contribution in [2.45, 2.75) is 25.8 Å². The first-order valence-electron chi connectivity index (χ1n) is 7.55. The van der Waals surface area contributed by atoms with Crippen molar-refractivity contribution in [3.8, 4) is 0 Å². The highest BCUT2D eigenvalue weighted by molar-refractivity contribution is 5.92. The standard InChI is InChI=1S/C15H19N5O3/c1-10-8-12(18-23-10)14(21)17-11-4-3-6-20(9-11)13-15(22)19(2)7-5-16-13/h5,7-8,11H,3-4,6,9H2,1-2H3,(H,17,21)/t11-/m0/s1. The van der Waals surface area contributed by atoms with Gasteiger partial charge in [-0.05, 0) is 19.8 Å². The van der Waals surface area contributed by atoms with Crippen molar-refractivity contribution < 1.29 is 9.32 Å². The molecule has 1 saturated heterocycles. The Kier molecular flexibility index (Phi) is 4.14. The fourth-order valence-electron chi connectivity index (χ4n) is 2.72. The zero-order chi connectivity index (χ0) is 16.4. The van der Waals surface area contributed by atoms with E-state index in [1.165, 1.54) is 4.57 Å². The third-order valence-electron chi connectivity index (χ3n) is 3.92. The number of nitrogens with one attached hydrogen (secondary N) is 1. The van der Waals surface area contributed by atoms with E-state index in [0.717, 1.165) is 19.4 Å². The molecule has 1 amide bonds. The molecule has 0 aliphatic carbocycles. The quantitative estimate of drug-likeness (QED) is 0.885. The Morgan fingerprint density at radius 2 is 2.30 bits per heavy atom. The number of carbonyl (C=O) groups excluding carboxylic acids is 1. The molecule has 1 atom stereocenters. The lowest BCUT2D eigenvalue weighted by Gasteiger charge is -2.33. The minimum Gasteiger partial charge on any atom is -0.361 e. The number of aromatic nitrogens is 3. The molecule has 0 saturated carbocycles. The summed E-state index contributed by atoms with van der Waals surface area (Å²) in [5.41, 5.74) is 0.139. The van der Waals surface area contributed by atoms with Crippen molar-refractivity contribution in [3.05, 3.63) is 40.3 Å². The van der Waals surface area contributed by atoms with Gasteiger partial charge in [0.15, 0.2) is 11.5 Å². The summed E-state index contributed by atoms with van der Waals surface area (Å²) in [6.45, 7) is 3.04. The van der Waals surface area contributed by atoms with Gasteiger partial charge in [0.25, 0.3) is 11.5 Å². The molecule has 1 aliphatic heterocycles. The summed E-state index contributed by atoms with van der Waals surface area (Å²) in [5.74, 6) is 0.756. The summed E-state index contributed by atoms with van der Waals surface area (Å²) in [7, 11) is 1.70. The second kappa shape index (κ2) is 6.23. The highest BCUT2D eigenvalue weighted by Crippen LogP contribution is 2.15. The Bertz CT molecular complexity index is 766. The number of piperidine rings is 1. The number of amides is 1. The molecule has 1 fully saturated rings. The van der Waals surface area contributed by atoms with Crippen LogP contribution in [-0.2, 0) is 7.05 Å². The summed E-state index contributed by atoms with van der Waals surface area (Å²) in [6.07, 6.45) is 4.97. The van der Waals surface area contributed by atoms with Gasteiger partial charge in [0.1, 0.15) is 5.76 Å². The normalized spacial score (nSPS) is 18.0. The second-order valence-electron chi connectivity index (χ2n) is 5.75. The molecule has 0 spiro atoms. The largest absolute Gasteiger partial charge is 0.361 e. The number of hydrogen-bond acceptors (Lipinski definition) is 6. The van der Waals surface area contributed by atoms with E-state index in [4.69, 9.17) is 4.52 Å². The van der Waals surface area contributed by atoms with Crippen molar-refractivity contribution in [3.63, 3.8) is 0 Å². The number of hydrogen-bond donors (Lipinski definition) is 1. The number of nitrogens with zero attached hydrogens (tertiary/aromatic N) is 4. The maximum absolute atomic E-state index is 12.2. The smallest absolute Gasteiger partial charge is 0.293 e. The monoisotopic (exact) mass is 317 g/mol. The molecule has 0 bridgehead atoms. The maximum Gasteiger partial charge on any atom is 0.293 e. The van der Waals surface area contributed by atoms with Crippen LogP contribution in [0.2, 0.25) is 0 Å². The Morgan fingerprint density at radius 3 is 3.04 bits per heavy atom. The summed E-state index contributed by atoms with van der Waals surface area (Å²) >= 11 is 0. The molecule has 122 valence electrons. The van der Waals surface area contributed by atoms with Crippen molar-refractivity contribution in [1.29, 1.82) is 0 Å². The first-order valence-corrected chi connectivity index (χ1v) is 7.55. The van der Waals surface area contributed by atoms with Crippen LogP contribution < -0.4 is 15.8 Å². The molecular weight excluding hydrogens is 298 g/mol. The molecule has 0 radical (unpaired) electrons. The molecule has 8 nitrogen and oxygen atoms in total. The van der Waals surface area contributed by atoms with Crippen LogP contribution in [0.25, 0.3) is 0 Å². The van der Waals surface area contributed by atoms with Crippen molar-refractivity contribution >= 4 is 11.7 Å². The first-order chi connectivity index (χ1) is 11.0. The minimum absolute atomic E-state index is 0.0556. The molecule has 1 aliphatic rings. The molecule has 23 heavy (non-hydrogen) atoms. The van der Waals surface area contributed by atoms with E-state index in [1.807, 2.05) is 4.90 Å². The summed E-state index contributed by atoms with van der Waals surface area (Å²) in [6, 6.07) is 1.55. The van der Waals surface area contributed by atoms with Gasteiger partial charge in [0, 0.05) is 44.6 Å². The number of carbonyl (C=O) groups is 1. The van der Waals surface area contributed by atoms with Gasteiger partial charge in [-0.15, -0.1) is 0 Å². The van der Waals surface area contributed by atoms with Crippen molar-refractivity contribution in [2.75, 3.05) is 18.0 Å². The average Bonchev–Trinajstić information content (AvgIpc) is 2.97. The third-order valence-corrected chi connectivity index (χ3v) is 3.92. The van der Waals surface area contributed by atoms with Crippen molar-refractivity contribution in [1.82, 2.24) is 20.0 Å². The number of anilines is 1. The SMILES string of the molecule is Cc1cc(C(=O)N[C@H]2CCCN(c3nccn(C)c3=O)C2)no1. The molecule has 8 heteroatoms. The zero-order valence-electron chi connectivity index (χ0n) is 13.2. The van der Waals surface area contributed by atoms with Crippen LogP contribution in [0.3, 0.4) is 0 Å². The summed E-state index contributed by atoms with van der Waals surface area (Å²) in [4.78, 5) is 30.4.